The Morgan fingerprint density at radius 3 is 2.35 bits per heavy atom. The second-order valence-electron chi connectivity index (χ2n) is 7.17. The average Bonchev–Trinajstić information content (AvgIpc) is 3.05. The average molecular weight is 337 g/mol. The number of hydrogen-bond donors (Lipinski definition) is 0. The first-order valence-corrected chi connectivity index (χ1v) is 10.2. The van der Waals surface area contributed by atoms with Crippen LogP contribution in [-0.2, 0) is 10.0 Å². The molecule has 1 saturated carbocycles. The second-order valence-corrected chi connectivity index (χ2v) is 9.17. The van der Waals surface area contributed by atoms with Gasteiger partial charge in [-0.25, -0.2) is 8.42 Å². The highest BCUT2D eigenvalue weighted by Gasteiger charge is 2.36. The normalized spacial score (nSPS) is 27.6. The summed E-state index contributed by atoms with van der Waals surface area (Å²) in [5.74, 6) is 0.838. The maximum Gasteiger partial charge on any atom is 0.243 e. The highest BCUT2D eigenvalue weighted by molar-refractivity contribution is 7.89. The van der Waals surface area contributed by atoms with Gasteiger partial charge in [0.05, 0.1) is 4.90 Å². The van der Waals surface area contributed by atoms with E-state index in [4.69, 9.17) is 0 Å². The summed E-state index contributed by atoms with van der Waals surface area (Å²) in [6.45, 7) is 4.68. The Hall–Kier alpha value is -0.910. The summed E-state index contributed by atoms with van der Waals surface area (Å²) < 4.78 is 27.1. The fraction of sp³-hybridized carbons (Fsp3) is 0.667. The SMILES string of the molecule is CC1CCN([C@H]2CC[C@@H](N(C)S(=O)(=O)c3ccccc3)C2)CC1. The van der Waals surface area contributed by atoms with Gasteiger partial charge in [-0.3, -0.25) is 0 Å². The smallest absolute Gasteiger partial charge is 0.243 e. The van der Waals surface area contributed by atoms with Crippen LogP contribution in [0, 0.1) is 5.92 Å². The number of hydrogen-bond acceptors (Lipinski definition) is 3. The topological polar surface area (TPSA) is 40.6 Å². The lowest BCUT2D eigenvalue weighted by molar-refractivity contribution is 0.136. The zero-order valence-electron chi connectivity index (χ0n) is 14.2. The standard InChI is InChI=1S/C18H28N2O2S/c1-15-10-12-20(13-11-15)17-9-8-16(14-17)19(2)23(21,22)18-6-4-3-5-7-18/h3-7,15-17H,8-14H2,1-2H3/t16-,17+/m1/s1. The maximum absolute atomic E-state index is 12.8. The van der Waals surface area contributed by atoms with Gasteiger partial charge in [0.25, 0.3) is 0 Å². The molecule has 3 rings (SSSR count). The maximum atomic E-state index is 12.8. The van der Waals surface area contributed by atoms with E-state index in [1.165, 1.54) is 25.9 Å². The molecule has 1 saturated heterocycles. The van der Waals surface area contributed by atoms with E-state index >= 15 is 0 Å². The van der Waals surface area contributed by atoms with E-state index < -0.39 is 10.0 Å². The van der Waals surface area contributed by atoms with Crippen molar-refractivity contribution in [1.29, 1.82) is 0 Å². The molecule has 0 radical (unpaired) electrons. The van der Waals surface area contributed by atoms with Gasteiger partial charge < -0.3 is 4.90 Å². The zero-order valence-corrected chi connectivity index (χ0v) is 15.0. The Morgan fingerprint density at radius 1 is 1.04 bits per heavy atom. The fourth-order valence-corrected chi connectivity index (χ4v) is 5.36. The molecule has 0 amide bonds. The van der Waals surface area contributed by atoms with Gasteiger partial charge in [-0.05, 0) is 63.2 Å². The minimum Gasteiger partial charge on any atom is -0.300 e. The van der Waals surface area contributed by atoms with Crippen LogP contribution in [0.2, 0.25) is 0 Å². The second kappa shape index (κ2) is 6.91. The van der Waals surface area contributed by atoms with Gasteiger partial charge in [0.2, 0.25) is 10.0 Å². The largest absolute Gasteiger partial charge is 0.300 e. The van der Waals surface area contributed by atoms with Gasteiger partial charge in [-0.2, -0.15) is 4.31 Å². The number of rotatable bonds is 4. The number of piperidine rings is 1. The summed E-state index contributed by atoms with van der Waals surface area (Å²) in [7, 11) is -1.63. The molecule has 0 spiro atoms. The van der Waals surface area contributed by atoms with Gasteiger partial charge in [-0.15, -0.1) is 0 Å². The number of sulfonamides is 1. The first-order valence-electron chi connectivity index (χ1n) is 8.75. The quantitative estimate of drug-likeness (QED) is 0.849. The molecule has 1 aliphatic heterocycles. The molecule has 1 aromatic carbocycles. The highest BCUT2D eigenvalue weighted by Crippen LogP contribution is 2.32. The lowest BCUT2D eigenvalue weighted by atomic mass is 9.97. The molecule has 2 aliphatic rings. The van der Waals surface area contributed by atoms with E-state index in [0.717, 1.165) is 25.2 Å². The third kappa shape index (κ3) is 3.62. The Kier molecular flexibility index (Phi) is 5.09. The van der Waals surface area contributed by atoms with Crippen LogP contribution in [0.4, 0.5) is 0 Å². The van der Waals surface area contributed by atoms with Crippen LogP contribution in [0.25, 0.3) is 0 Å². The van der Waals surface area contributed by atoms with Crippen LogP contribution in [0.15, 0.2) is 35.2 Å². The molecular formula is C18H28N2O2S. The van der Waals surface area contributed by atoms with E-state index in [9.17, 15) is 8.42 Å². The van der Waals surface area contributed by atoms with E-state index in [1.807, 2.05) is 6.07 Å². The van der Waals surface area contributed by atoms with E-state index in [-0.39, 0.29) is 6.04 Å². The molecule has 0 aromatic heterocycles. The predicted octanol–water partition coefficient (Wildman–Crippen LogP) is 2.96. The monoisotopic (exact) mass is 336 g/mol. The first kappa shape index (κ1) is 16.9. The van der Waals surface area contributed by atoms with Gasteiger partial charge in [0, 0.05) is 19.1 Å². The lowest BCUT2D eigenvalue weighted by Gasteiger charge is -2.35. The van der Waals surface area contributed by atoms with E-state index in [1.54, 1.807) is 35.6 Å². The van der Waals surface area contributed by atoms with Crippen molar-refractivity contribution >= 4 is 10.0 Å². The molecule has 4 nitrogen and oxygen atoms in total. The molecule has 5 heteroatoms. The summed E-state index contributed by atoms with van der Waals surface area (Å²) in [6, 6.07) is 9.47. The Morgan fingerprint density at radius 2 is 1.70 bits per heavy atom. The Balaban J connectivity index is 1.64. The van der Waals surface area contributed by atoms with Crippen molar-refractivity contribution in [3.05, 3.63) is 30.3 Å². The molecule has 128 valence electrons. The number of nitrogens with zero attached hydrogens (tertiary/aromatic N) is 2. The molecular weight excluding hydrogens is 308 g/mol. The number of benzene rings is 1. The minimum absolute atomic E-state index is 0.129. The first-order chi connectivity index (χ1) is 11.0. The third-order valence-electron chi connectivity index (χ3n) is 5.65. The molecule has 0 bridgehead atoms. The molecule has 1 aliphatic carbocycles. The van der Waals surface area contributed by atoms with Crippen LogP contribution in [-0.4, -0.2) is 49.8 Å². The van der Waals surface area contributed by atoms with E-state index in [2.05, 4.69) is 11.8 Å². The fourth-order valence-electron chi connectivity index (χ4n) is 3.95. The van der Waals surface area contributed by atoms with Crippen molar-refractivity contribution < 1.29 is 8.42 Å². The van der Waals surface area contributed by atoms with Crippen molar-refractivity contribution in [2.45, 2.75) is 56.0 Å². The van der Waals surface area contributed by atoms with Gasteiger partial charge in [0.1, 0.15) is 0 Å². The molecule has 0 unspecified atom stereocenters. The Bertz CT molecular complexity index is 609. The van der Waals surface area contributed by atoms with Crippen LogP contribution in [0.3, 0.4) is 0 Å². The third-order valence-corrected chi connectivity index (χ3v) is 7.57. The highest BCUT2D eigenvalue weighted by atomic mass is 32.2. The summed E-state index contributed by atoms with van der Waals surface area (Å²) >= 11 is 0. The van der Waals surface area contributed by atoms with Gasteiger partial charge in [0.15, 0.2) is 0 Å². The minimum atomic E-state index is -3.37. The van der Waals surface area contributed by atoms with Crippen molar-refractivity contribution in [3.8, 4) is 0 Å². The van der Waals surface area contributed by atoms with Gasteiger partial charge in [-0.1, -0.05) is 25.1 Å². The molecule has 1 heterocycles. The van der Waals surface area contributed by atoms with Crippen LogP contribution in [0.1, 0.15) is 39.0 Å². The van der Waals surface area contributed by atoms with Crippen LogP contribution < -0.4 is 0 Å². The summed E-state index contributed by atoms with van der Waals surface area (Å²) in [5.41, 5.74) is 0. The number of likely N-dealkylation sites (tertiary alicyclic amines) is 1. The Labute approximate surface area is 140 Å². The summed E-state index contributed by atoms with van der Waals surface area (Å²) in [5, 5.41) is 0. The van der Waals surface area contributed by atoms with Crippen LogP contribution in [0.5, 0.6) is 0 Å². The molecule has 23 heavy (non-hydrogen) atoms. The van der Waals surface area contributed by atoms with Crippen molar-refractivity contribution in [2.75, 3.05) is 20.1 Å². The zero-order chi connectivity index (χ0) is 16.4. The predicted molar refractivity (Wildman–Crippen MR) is 92.8 cm³/mol. The van der Waals surface area contributed by atoms with Crippen LogP contribution >= 0.6 is 0 Å². The summed E-state index contributed by atoms with van der Waals surface area (Å²) in [6.07, 6.45) is 5.61. The molecule has 1 aromatic rings. The van der Waals surface area contributed by atoms with Gasteiger partial charge >= 0.3 is 0 Å². The molecule has 2 atom stereocenters. The van der Waals surface area contributed by atoms with E-state index in [0.29, 0.717) is 10.9 Å². The van der Waals surface area contributed by atoms with Crippen molar-refractivity contribution in [1.82, 2.24) is 9.21 Å². The van der Waals surface area contributed by atoms with Crippen molar-refractivity contribution in [3.63, 3.8) is 0 Å². The lowest BCUT2D eigenvalue weighted by Crippen LogP contribution is -2.41. The van der Waals surface area contributed by atoms with Crippen molar-refractivity contribution in [2.24, 2.45) is 5.92 Å². The molecule has 2 fully saturated rings. The summed E-state index contributed by atoms with van der Waals surface area (Å²) in [4.78, 5) is 2.99. The molecule has 0 N–H and O–H groups in total.